The average molecular weight is 316 g/mol. The lowest BCUT2D eigenvalue weighted by Crippen LogP contribution is -2.34. The summed E-state index contributed by atoms with van der Waals surface area (Å²) < 4.78 is 37.0. The Morgan fingerprint density at radius 1 is 1.38 bits per heavy atom. The Morgan fingerprint density at radius 3 is 2.57 bits per heavy atom. The molecular weight excluding hydrogens is 296 g/mol. The van der Waals surface area contributed by atoms with Crippen molar-refractivity contribution in [3.05, 3.63) is 17.1 Å². The number of sulfonamides is 1. The number of carbonyl (C=O) groups excluding carboxylic acids is 1. The minimum atomic E-state index is -3.78. The maximum atomic E-state index is 12.8. The molecule has 0 saturated carbocycles. The minimum absolute atomic E-state index is 0.0112. The van der Waals surface area contributed by atoms with E-state index in [2.05, 4.69) is 10.1 Å². The van der Waals surface area contributed by atoms with Gasteiger partial charge in [0, 0.05) is 19.1 Å². The Bertz CT molecular complexity index is 650. The van der Waals surface area contributed by atoms with Gasteiger partial charge in [-0.15, -0.1) is 0 Å². The summed E-state index contributed by atoms with van der Waals surface area (Å²) in [5, 5.41) is 3.06. The fourth-order valence-corrected chi connectivity index (χ4v) is 4.49. The summed E-state index contributed by atoms with van der Waals surface area (Å²) >= 11 is 0. The molecule has 0 radical (unpaired) electrons. The maximum Gasteiger partial charge on any atom is 0.342 e. The van der Waals surface area contributed by atoms with Gasteiger partial charge in [-0.1, -0.05) is 0 Å². The van der Waals surface area contributed by atoms with Crippen molar-refractivity contribution in [2.24, 2.45) is 0 Å². The summed E-state index contributed by atoms with van der Waals surface area (Å²) in [5.74, 6) is -0.240. The number of carbonyl (C=O) groups is 1. The van der Waals surface area contributed by atoms with Gasteiger partial charge in [-0.05, 0) is 27.3 Å². The molecule has 2 heterocycles. The first-order valence-corrected chi connectivity index (χ1v) is 8.12. The second-order valence-corrected chi connectivity index (χ2v) is 6.92. The Hall–Kier alpha value is -1.38. The van der Waals surface area contributed by atoms with E-state index in [-0.39, 0.29) is 28.0 Å². The Kier molecular flexibility index (Phi) is 4.40. The number of nitrogens with one attached hydrogen (secondary N) is 1. The Balaban J connectivity index is 2.48. The van der Waals surface area contributed by atoms with E-state index in [1.807, 2.05) is 0 Å². The number of nitrogens with zero attached hydrogens (tertiary/aromatic N) is 1. The van der Waals surface area contributed by atoms with Crippen molar-refractivity contribution in [3.63, 3.8) is 0 Å². The van der Waals surface area contributed by atoms with Crippen molar-refractivity contribution in [3.8, 4) is 0 Å². The molecule has 0 bridgehead atoms. The van der Waals surface area contributed by atoms with Crippen LogP contribution in [0.1, 0.15) is 28.3 Å². The maximum absolute atomic E-state index is 12.8. The smallest absolute Gasteiger partial charge is 0.342 e. The molecule has 1 fully saturated rings. The summed E-state index contributed by atoms with van der Waals surface area (Å²) in [7, 11) is -0.763. The van der Waals surface area contributed by atoms with Gasteiger partial charge in [0.2, 0.25) is 10.0 Å². The average Bonchev–Trinajstić information content (AvgIpc) is 3.02. The molecule has 118 valence electrons. The molecule has 1 unspecified atom stereocenters. The molecule has 0 amide bonds. The van der Waals surface area contributed by atoms with Crippen LogP contribution in [0.25, 0.3) is 0 Å². The van der Waals surface area contributed by atoms with E-state index in [9.17, 15) is 13.2 Å². The summed E-state index contributed by atoms with van der Waals surface area (Å²) in [6, 6.07) is 0.120. The standard InChI is InChI=1S/C13H20N2O5S/c1-8-11(13(16)19-4)12(9(2)20-8)21(17,18)15-6-5-10(7-15)14-3/h10,14H,5-7H2,1-4H3. The largest absolute Gasteiger partial charge is 0.465 e. The second-order valence-electron chi connectivity index (χ2n) is 5.05. The van der Waals surface area contributed by atoms with Crippen LogP contribution >= 0.6 is 0 Å². The number of ether oxygens (including phenoxy) is 1. The van der Waals surface area contributed by atoms with E-state index in [0.29, 0.717) is 13.1 Å². The summed E-state index contributed by atoms with van der Waals surface area (Å²) in [5.41, 5.74) is -0.0112. The minimum Gasteiger partial charge on any atom is -0.465 e. The predicted molar refractivity (Wildman–Crippen MR) is 75.7 cm³/mol. The van der Waals surface area contributed by atoms with Crippen molar-refractivity contribution < 1.29 is 22.4 Å². The lowest BCUT2D eigenvalue weighted by molar-refractivity contribution is 0.0594. The normalized spacial score (nSPS) is 19.9. The first-order valence-electron chi connectivity index (χ1n) is 6.68. The molecule has 0 aliphatic carbocycles. The highest BCUT2D eigenvalue weighted by Gasteiger charge is 2.38. The van der Waals surface area contributed by atoms with Crippen LogP contribution in [0.4, 0.5) is 0 Å². The van der Waals surface area contributed by atoms with E-state index in [0.717, 1.165) is 6.42 Å². The molecule has 1 saturated heterocycles. The molecular formula is C13H20N2O5S. The van der Waals surface area contributed by atoms with Gasteiger partial charge in [0.05, 0.1) is 7.11 Å². The molecule has 1 aliphatic rings. The number of esters is 1. The topological polar surface area (TPSA) is 88.9 Å². The van der Waals surface area contributed by atoms with Gasteiger partial charge in [0.15, 0.2) is 0 Å². The second kappa shape index (κ2) is 5.78. The quantitative estimate of drug-likeness (QED) is 0.821. The summed E-state index contributed by atoms with van der Waals surface area (Å²) in [4.78, 5) is 11.8. The van der Waals surface area contributed by atoms with Gasteiger partial charge >= 0.3 is 5.97 Å². The molecule has 7 nitrogen and oxygen atoms in total. The third-order valence-corrected chi connectivity index (χ3v) is 5.77. The van der Waals surface area contributed by atoms with E-state index < -0.39 is 16.0 Å². The van der Waals surface area contributed by atoms with Crippen molar-refractivity contribution in [2.75, 3.05) is 27.2 Å². The number of hydrogen-bond acceptors (Lipinski definition) is 6. The van der Waals surface area contributed by atoms with Crippen LogP contribution in [-0.2, 0) is 14.8 Å². The van der Waals surface area contributed by atoms with Crippen LogP contribution < -0.4 is 5.32 Å². The lowest BCUT2D eigenvalue weighted by Gasteiger charge is -2.16. The van der Waals surface area contributed by atoms with E-state index in [4.69, 9.17) is 4.42 Å². The van der Waals surface area contributed by atoms with Crippen LogP contribution in [-0.4, -0.2) is 52.0 Å². The van der Waals surface area contributed by atoms with Crippen LogP contribution in [0.15, 0.2) is 9.31 Å². The Labute approximate surface area is 124 Å². The third-order valence-electron chi connectivity index (χ3n) is 3.75. The van der Waals surface area contributed by atoms with Crippen LogP contribution in [0.2, 0.25) is 0 Å². The van der Waals surface area contributed by atoms with Gasteiger partial charge in [-0.3, -0.25) is 0 Å². The highest BCUT2D eigenvalue weighted by Crippen LogP contribution is 2.31. The molecule has 1 aromatic rings. The number of furan rings is 1. The van der Waals surface area contributed by atoms with E-state index in [1.165, 1.54) is 18.3 Å². The van der Waals surface area contributed by atoms with Crippen molar-refractivity contribution in [2.45, 2.75) is 31.2 Å². The molecule has 8 heteroatoms. The molecule has 1 aliphatic heterocycles. The zero-order valence-electron chi connectivity index (χ0n) is 12.6. The fraction of sp³-hybridized carbons (Fsp3) is 0.615. The highest BCUT2D eigenvalue weighted by molar-refractivity contribution is 7.89. The molecule has 1 N–H and O–H groups in total. The number of aryl methyl sites for hydroxylation is 2. The molecule has 0 aromatic carbocycles. The van der Waals surface area contributed by atoms with Crippen molar-refractivity contribution in [1.29, 1.82) is 0 Å². The molecule has 1 aromatic heterocycles. The number of rotatable bonds is 4. The van der Waals surface area contributed by atoms with Crippen molar-refractivity contribution >= 4 is 16.0 Å². The number of methoxy groups -OCH3 is 1. The van der Waals surface area contributed by atoms with Crippen LogP contribution in [0.3, 0.4) is 0 Å². The predicted octanol–water partition coefficient (Wildman–Crippen LogP) is 0.665. The van der Waals surface area contributed by atoms with Crippen LogP contribution in [0.5, 0.6) is 0 Å². The molecule has 1 atom stereocenters. The fourth-order valence-electron chi connectivity index (χ4n) is 2.62. The zero-order valence-corrected chi connectivity index (χ0v) is 13.4. The SMILES string of the molecule is CNC1CCN(S(=O)(=O)c2c(C)oc(C)c2C(=O)OC)C1. The summed E-state index contributed by atoms with van der Waals surface area (Å²) in [6.07, 6.45) is 0.735. The number of likely N-dealkylation sites (N-methyl/N-ethyl adjacent to an activating group) is 1. The Morgan fingerprint density at radius 2 is 2.05 bits per heavy atom. The molecule has 21 heavy (non-hydrogen) atoms. The van der Waals surface area contributed by atoms with Crippen LogP contribution in [0, 0.1) is 13.8 Å². The first-order chi connectivity index (χ1) is 9.82. The van der Waals surface area contributed by atoms with Crippen molar-refractivity contribution in [1.82, 2.24) is 9.62 Å². The summed E-state index contributed by atoms with van der Waals surface area (Å²) in [6.45, 7) is 3.89. The van der Waals surface area contributed by atoms with E-state index in [1.54, 1.807) is 14.0 Å². The zero-order chi connectivity index (χ0) is 15.8. The molecule has 0 spiro atoms. The van der Waals surface area contributed by atoms with Gasteiger partial charge in [0.25, 0.3) is 0 Å². The molecule has 2 rings (SSSR count). The third kappa shape index (κ3) is 2.70. The van der Waals surface area contributed by atoms with Gasteiger partial charge in [-0.2, -0.15) is 4.31 Å². The highest BCUT2D eigenvalue weighted by atomic mass is 32.2. The van der Waals surface area contributed by atoms with Gasteiger partial charge < -0.3 is 14.5 Å². The first kappa shape index (κ1) is 16.0. The van der Waals surface area contributed by atoms with Gasteiger partial charge in [-0.25, -0.2) is 13.2 Å². The van der Waals surface area contributed by atoms with Gasteiger partial charge in [0.1, 0.15) is 22.0 Å². The van der Waals surface area contributed by atoms with E-state index >= 15 is 0 Å². The lowest BCUT2D eigenvalue weighted by atomic mass is 10.2. The monoisotopic (exact) mass is 316 g/mol. The number of hydrogen-bond donors (Lipinski definition) is 1.